The van der Waals surface area contributed by atoms with E-state index in [0.29, 0.717) is 0 Å². The number of nitrogens with two attached hydrogens (primary N) is 1. The Hall–Kier alpha value is -1.40. The van der Waals surface area contributed by atoms with Gasteiger partial charge < -0.3 is 10.8 Å². The predicted molar refractivity (Wildman–Crippen MR) is 54.1 cm³/mol. The molecule has 1 aromatic carbocycles. The van der Waals surface area contributed by atoms with Crippen molar-refractivity contribution < 1.29 is 18.3 Å². The van der Waals surface area contributed by atoms with Crippen molar-refractivity contribution in [3.05, 3.63) is 29.8 Å². The van der Waals surface area contributed by atoms with Crippen molar-refractivity contribution in [3.8, 4) is 0 Å². The van der Waals surface area contributed by atoms with Gasteiger partial charge >= 0.3 is 5.97 Å². The lowest BCUT2D eigenvalue weighted by atomic mass is 10.1. The fraction of sp³-hybridized carbons (Fsp3) is 0.222. The highest BCUT2D eigenvalue weighted by Crippen LogP contribution is 2.16. The first-order chi connectivity index (χ1) is 6.82. The van der Waals surface area contributed by atoms with E-state index in [9.17, 15) is 13.2 Å². The molecule has 82 valence electrons. The van der Waals surface area contributed by atoms with Crippen LogP contribution in [0.5, 0.6) is 0 Å². The van der Waals surface area contributed by atoms with E-state index < -0.39 is 21.8 Å². The molecule has 5 nitrogen and oxygen atoms in total. The van der Waals surface area contributed by atoms with Crippen LogP contribution in [0.4, 0.5) is 0 Å². The van der Waals surface area contributed by atoms with Gasteiger partial charge in [-0.25, -0.2) is 8.42 Å². The van der Waals surface area contributed by atoms with Gasteiger partial charge in [-0.2, -0.15) is 0 Å². The summed E-state index contributed by atoms with van der Waals surface area (Å²) in [5, 5.41) is 8.65. The summed E-state index contributed by atoms with van der Waals surface area (Å²) in [5.41, 5.74) is 5.62. The second-order valence-corrected chi connectivity index (χ2v) is 5.18. The lowest BCUT2D eigenvalue weighted by molar-refractivity contribution is -0.138. The molecule has 1 aromatic rings. The molecule has 0 unspecified atom stereocenters. The van der Waals surface area contributed by atoms with Crippen molar-refractivity contribution in [3.63, 3.8) is 0 Å². The molecule has 15 heavy (non-hydrogen) atoms. The molecular weight excluding hydrogens is 218 g/mol. The van der Waals surface area contributed by atoms with Gasteiger partial charge in [0.1, 0.15) is 6.04 Å². The standard InChI is InChI=1S/C9H11NO4S/c1-15(13,14)7-4-2-3-6(5-7)8(10)9(11)12/h2-5,8H,10H2,1H3,(H,11,12)/t8-/m0/s1. The molecule has 0 aromatic heterocycles. The Morgan fingerprint density at radius 3 is 2.53 bits per heavy atom. The minimum absolute atomic E-state index is 0.0664. The molecular formula is C9H11NO4S. The van der Waals surface area contributed by atoms with E-state index >= 15 is 0 Å². The van der Waals surface area contributed by atoms with Gasteiger partial charge in [0, 0.05) is 6.26 Å². The first kappa shape index (κ1) is 11.7. The molecule has 0 bridgehead atoms. The molecule has 6 heteroatoms. The molecule has 0 saturated heterocycles. The summed E-state index contributed by atoms with van der Waals surface area (Å²) in [6.45, 7) is 0. The number of rotatable bonds is 3. The molecule has 0 radical (unpaired) electrons. The summed E-state index contributed by atoms with van der Waals surface area (Å²) in [5.74, 6) is -1.19. The average Bonchev–Trinajstić information content (AvgIpc) is 2.15. The van der Waals surface area contributed by atoms with E-state index in [-0.39, 0.29) is 10.5 Å². The summed E-state index contributed by atoms with van der Waals surface area (Å²) in [6.07, 6.45) is 1.05. The second kappa shape index (κ2) is 4.00. The summed E-state index contributed by atoms with van der Waals surface area (Å²) in [6, 6.07) is 4.41. The smallest absolute Gasteiger partial charge is 0.325 e. The fourth-order valence-corrected chi connectivity index (χ4v) is 1.76. The lowest BCUT2D eigenvalue weighted by Gasteiger charge is -2.07. The van der Waals surface area contributed by atoms with Crippen LogP contribution in [0, 0.1) is 0 Å². The van der Waals surface area contributed by atoms with Crippen LogP contribution in [0.1, 0.15) is 11.6 Å². The van der Waals surface area contributed by atoms with Crippen LogP contribution in [-0.4, -0.2) is 25.7 Å². The molecule has 0 fully saturated rings. The monoisotopic (exact) mass is 229 g/mol. The van der Waals surface area contributed by atoms with Gasteiger partial charge in [-0.1, -0.05) is 12.1 Å². The Balaban J connectivity index is 3.20. The average molecular weight is 229 g/mol. The molecule has 3 N–H and O–H groups in total. The third kappa shape index (κ3) is 2.77. The van der Waals surface area contributed by atoms with Gasteiger partial charge in [0.2, 0.25) is 0 Å². The highest BCUT2D eigenvalue weighted by Gasteiger charge is 2.16. The molecule has 1 rings (SSSR count). The summed E-state index contributed by atoms with van der Waals surface area (Å²) in [7, 11) is -3.33. The predicted octanol–water partition coefficient (Wildman–Crippen LogP) is 0.174. The maximum absolute atomic E-state index is 11.2. The van der Waals surface area contributed by atoms with Crippen molar-refractivity contribution in [2.75, 3.05) is 6.26 Å². The Bertz CT molecular complexity index is 481. The van der Waals surface area contributed by atoms with Crippen LogP contribution in [0.15, 0.2) is 29.2 Å². The molecule has 0 spiro atoms. The van der Waals surface area contributed by atoms with Gasteiger partial charge in [-0.05, 0) is 17.7 Å². The molecule has 0 aliphatic rings. The van der Waals surface area contributed by atoms with Gasteiger partial charge in [0.25, 0.3) is 0 Å². The topological polar surface area (TPSA) is 97.5 Å². The largest absolute Gasteiger partial charge is 0.480 e. The van der Waals surface area contributed by atoms with Crippen molar-refractivity contribution >= 4 is 15.8 Å². The first-order valence-electron chi connectivity index (χ1n) is 4.11. The Morgan fingerprint density at radius 1 is 1.47 bits per heavy atom. The third-order valence-corrected chi connectivity index (χ3v) is 3.02. The highest BCUT2D eigenvalue weighted by molar-refractivity contribution is 7.90. The summed E-state index contributed by atoms with van der Waals surface area (Å²) >= 11 is 0. The third-order valence-electron chi connectivity index (χ3n) is 1.91. The maximum Gasteiger partial charge on any atom is 0.325 e. The minimum Gasteiger partial charge on any atom is -0.480 e. The van der Waals surface area contributed by atoms with Gasteiger partial charge in [0.15, 0.2) is 9.84 Å². The van der Waals surface area contributed by atoms with Crippen LogP contribution in [0.3, 0.4) is 0 Å². The highest BCUT2D eigenvalue weighted by atomic mass is 32.2. The summed E-state index contributed by atoms with van der Waals surface area (Å²) < 4.78 is 22.4. The maximum atomic E-state index is 11.2. The Labute approximate surface area is 87.4 Å². The minimum atomic E-state index is -3.33. The zero-order valence-corrected chi connectivity index (χ0v) is 8.86. The second-order valence-electron chi connectivity index (χ2n) is 3.16. The van der Waals surface area contributed by atoms with Crippen molar-refractivity contribution in [2.45, 2.75) is 10.9 Å². The zero-order valence-electron chi connectivity index (χ0n) is 8.04. The van der Waals surface area contributed by atoms with Crippen LogP contribution in [0.2, 0.25) is 0 Å². The van der Waals surface area contributed by atoms with Crippen LogP contribution in [-0.2, 0) is 14.6 Å². The number of hydrogen-bond acceptors (Lipinski definition) is 4. The number of carbonyl (C=O) groups is 1. The molecule has 0 saturated carbocycles. The number of hydrogen-bond donors (Lipinski definition) is 2. The summed E-state index contributed by atoms with van der Waals surface area (Å²) in [4.78, 5) is 10.7. The zero-order chi connectivity index (χ0) is 11.6. The lowest BCUT2D eigenvalue weighted by Crippen LogP contribution is -2.20. The number of benzene rings is 1. The molecule has 1 atom stereocenters. The van der Waals surface area contributed by atoms with Gasteiger partial charge in [0.05, 0.1) is 4.90 Å². The van der Waals surface area contributed by atoms with Crippen molar-refractivity contribution in [1.82, 2.24) is 0 Å². The van der Waals surface area contributed by atoms with Crippen molar-refractivity contribution in [2.24, 2.45) is 5.73 Å². The van der Waals surface area contributed by atoms with Gasteiger partial charge in [-0.3, -0.25) is 4.79 Å². The Morgan fingerprint density at radius 2 is 2.07 bits per heavy atom. The normalized spacial score (nSPS) is 13.5. The van der Waals surface area contributed by atoms with Crippen LogP contribution >= 0.6 is 0 Å². The molecule has 0 heterocycles. The SMILES string of the molecule is CS(=O)(=O)c1cccc([C@H](N)C(=O)O)c1. The molecule has 0 amide bonds. The first-order valence-corrected chi connectivity index (χ1v) is 6.00. The van der Waals surface area contributed by atoms with E-state index in [1.54, 1.807) is 0 Å². The number of sulfone groups is 1. The number of aliphatic carboxylic acids is 1. The Kier molecular flexibility index (Phi) is 3.11. The van der Waals surface area contributed by atoms with Crippen LogP contribution in [0.25, 0.3) is 0 Å². The molecule has 0 aliphatic carbocycles. The van der Waals surface area contributed by atoms with E-state index in [1.807, 2.05) is 0 Å². The fourth-order valence-electron chi connectivity index (χ4n) is 1.08. The van der Waals surface area contributed by atoms with Crippen molar-refractivity contribution in [1.29, 1.82) is 0 Å². The van der Waals surface area contributed by atoms with Gasteiger partial charge in [-0.15, -0.1) is 0 Å². The van der Waals surface area contributed by atoms with E-state index in [1.165, 1.54) is 24.3 Å². The quantitative estimate of drug-likeness (QED) is 0.770. The number of carboxylic acids is 1. The van der Waals surface area contributed by atoms with E-state index in [0.717, 1.165) is 6.26 Å². The number of carboxylic acid groups (broad SMARTS) is 1. The van der Waals surface area contributed by atoms with Crippen LogP contribution < -0.4 is 5.73 Å². The van der Waals surface area contributed by atoms with E-state index in [4.69, 9.17) is 10.8 Å². The molecule has 0 aliphatic heterocycles. The van der Waals surface area contributed by atoms with E-state index in [2.05, 4.69) is 0 Å².